The molecule has 2 aromatic rings. The van der Waals surface area contributed by atoms with Gasteiger partial charge in [-0.25, -0.2) is 12.8 Å². The van der Waals surface area contributed by atoms with Crippen molar-refractivity contribution in [3.63, 3.8) is 0 Å². The number of carbonyl (C=O) groups excluding carboxylic acids is 1. The summed E-state index contributed by atoms with van der Waals surface area (Å²) in [6.07, 6.45) is 2.22. The van der Waals surface area contributed by atoms with Crippen LogP contribution in [0.2, 0.25) is 10.0 Å². The molecule has 0 spiro atoms. The molecule has 0 bridgehead atoms. The van der Waals surface area contributed by atoms with Gasteiger partial charge >= 0.3 is 0 Å². The van der Waals surface area contributed by atoms with E-state index in [0.29, 0.717) is 10.6 Å². The first-order valence-corrected chi connectivity index (χ1v) is 10.3. The van der Waals surface area contributed by atoms with Gasteiger partial charge in [-0.15, -0.1) is 0 Å². The largest absolute Gasteiger partial charge is 0.295 e. The van der Waals surface area contributed by atoms with Gasteiger partial charge in [0.2, 0.25) is 0 Å². The van der Waals surface area contributed by atoms with Crippen LogP contribution >= 0.6 is 39.1 Å². The number of ketones is 1. The van der Waals surface area contributed by atoms with Gasteiger partial charge in [-0.2, -0.15) is 0 Å². The number of halogens is 4. The van der Waals surface area contributed by atoms with Crippen molar-refractivity contribution < 1.29 is 17.6 Å². The number of benzene rings is 2. The highest BCUT2D eigenvalue weighted by atomic mass is 79.9. The average molecular weight is 479 g/mol. The molecule has 0 aliphatic carbocycles. The van der Waals surface area contributed by atoms with Gasteiger partial charge in [-0.05, 0) is 51.8 Å². The fourth-order valence-electron chi connectivity index (χ4n) is 2.68. The maximum absolute atomic E-state index is 13.9. The number of allylic oxidation sites excluding steroid dienone is 1. The molecule has 0 fully saturated rings. The third-order valence-electron chi connectivity index (χ3n) is 3.90. The Morgan fingerprint density at radius 2 is 1.92 bits per heavy atom. The second-order valence-corrected chi connectivity index (χ2v) is 9.00. The lowest BCUT2D eigenvalue weighted by Crippen LogP contribution is -2.34. The van der Waals surface area contributed by atoms with Crippen LogP contribution in [0.15, 0.2) is 58.0 Å². The van der Waals surface area contributed by atoms with Gasteiger partial charge in [0, 0.05) is 17.6 Å². The summed E-state index contributed by atoms with van der Waals surface area (Å²) in [4.78, 5) is 11.8. The molecule has 2 aromatic carbocycles. The lowest BCUT2D eigenvalue weighted by Gasteiger charge is -2.33. The molecule has 0 amide bonds. The summed E-state index contributed by atoms with van der Waals surface area (Å²) in [5.41, 5.74) is 0.344. The van der Waals surface area contributed by atoms with Crippen molar-refractivity contribution in [2.75, 3.05) is 0 Å². The number of nitrogens with zero attached hydrogens (tertiary/aromatic N) is 1. The molecule has 26 heavy (non-hydrogen) atoms. The van der Waals surface area contributed by atoms with E-state index in [1.807, 2.05) is 0 Å². The predicted molar refractivity (Wildman–Crippen MR) is 101 cm³/mol. The SMILES string of the molecule is O=C1C=CN(S(=O)(=O)c2ccc(Cl)cc2Cl)C(c2cccc(F)c2Br)C1. The molecule has 0 saturated carbocycles. The minimum Gasteiger partial charge on any atom is -0.295 e. The molecular formula is C17H11BrCl2FNO3S. The van der Waals surface area contributed by atoms with Crippen LogP contribution in [0.25, 0.3) is 0 Å². The van der Waals surface area contributed by atoms with E-state index >= 15 is 0 Å². The van der Waals surface area contributed by atoms with E-state index in [4.69, 9.17) is 23.2 Å². The highest BCUT2D eigenvalue weighted by Gasteiger charge is 2.36. The van der Waals surface area contributed by atoms with E-state index in [2.05, 4.69) is 15.9 Å². The van der Waals surface area contributed by atoms with Crippen LogP contribution in [0.3, 0.4) is 0 Å². The van der Waals surface area contributed by atoms with E-state index in [1.165, 1.54) is 42.6 Å². The molecule has 0 radical (unpaired) electrons. The Balaban J connectivity index is 2.15. The number of rotatable bonds is 3. The van der Waals surface area contributed by atoms with Gasteiger partial charge < -0.3 is 0 Å². The normalized spacial score (nSPS) is 17.6. The molecular weight excluding hydrogens is 468 g/mol. The molecule has 1 heterocycles. The van der Waals surface area contributed by atoms with Crippen molar-refractivity contribution in [3.8, 4) is 0 Å². The van der Waals surface area contributed by atoms with Gasteiger partial charge in [0.1, 0.15) is 10.7 Å². The Bertz CT molecular complexity index is 1030. The molecule has 4 nitrogen and oxygen atoms in total. The molecule has 1 aliphatic heterocycles. The van der Waals surface area contributed by atoms with Crippen molar-refractivity contribution in [3.05, 3.63) is 74.6 Å². The van der Waals surface area contributed by atoms with Crippen LogP contribution in [0.5, 0.6) is 0 Å². The first-order chi connectivity index (χ1) is 12.2. The van der Waals surface area contributed by atoms with Gasteiger partial charge in [-0.1, -0.05) is 35.3 Å². The summed E-state index contributed by atoms with van der Waals surface area (Å²) in [6.45, 7) is 0. The molecule has 9 heteroatoms. The minimum absolute atomic E-state index is 0.0418. The van der Waals surface area contributed by atoms with Gasteiger partial charge in [0.15, 0.2) is 5.78 Å². The Morgan fingerprint density at radius 1 is 1.19 bits per heavy atom. The summed E-state index contributed by atoms with van der Waals surface area (Å²) in [5, 5.41) is 0.252. The highest BCUT2D eigenvalue weighted by Crippen LogP contribution is 2.39. The third kappa shape index (κ3) is 3.53. The van der Waals surface area contributed by atoms with E-state index < -0.39 is 21.9 Å². The van der Waals surface area contributed by atoms with Crippen molar-refractivity contribution in [2.24, 2.45) is 0 Å². The molecule has 0 N–H and O–H groups in total. The zero-order chi connectivity index (χ0) is 19.1. The number of sulfonamides is 1. The van der Waals surface area contributed by atoms with E-state index in [0.717, 1.165) is 4.31 Å². The first-order valence-electron chi connectivity index (χ1n) is 7.35. The topological polar surface area (TPSA) is 54.5 Å². The van der Waals surface area contributed by atoms with Crippen molar-refractivity contribution >= 4 is 54.9 Å². The van der Waals surface area contributed by atoms with E-state index in [9.17, 15) is 17.6 Å². The zero-order valence-electron chi connectivity index (χ0n) is 13.0. The maximum atomic E-state index is 13.9. The summed E-state index contributed by atoms with van der Waals surface area (Å²) < 4.78 is 41.3. The second-order valence-electron chi connectivity index (χ2n) is 5.55. The number of carbonyl (C=O) groups is 1. The third-order valence-corrected chi connectivity index (χ3v) is 7.24. The van der Waals surface area contributed by atoms with Crippen LogP contribution < -0.4 is 0 Å². The monoisotopic (exact) mass is 477 g/mol. The molecule has 0 saturated heterocycles. The van der Waals surface area contributed by atoms with Crippen LogP contribution in [-0.4, -0.2) is 18.5 Å². The lowest BCUT2D eigenvalue weighted by molar-refractivity contribution is -0.115. The number of hydrogen-bond acceptors (Lipinski definition) is 3. The second kappa shape index (κ2) is 7.31. The van der Waals surface area contributed by atoms with Crippen LogP contribution in [0, 0.1) is 5.82 Å². The maximum Gasteiger partial charge on any atom is 0.265 e. The molecule has 1 unspecified atom stereocenters. The van der Waals surface area contributed by atoms with Gasteiger partial charge in [0.05, 0.1) is 15.5 Å². The number of hydrogen-bond donors (Lipinski definition) is 0. The Morgan fingerprint density at radius 3 is 2.62 bits per heavy atom. The zero-order valence-corrected chi connectivity index (χ0v) is 16.9. The van der Waals surface area contributed by atoms with Crippen LogP contribution in [0.4, 0.5) is 4.39 Å². The predicted octanol–water partition coefficient (Wildman–Crippen LogP) is 5.11. The van der Waals surface area contributed by atoms with Crippen molar-refractivity contribution in [2.45, 2.75) is 17.4 Å². The Hall–Kier alpha value is -1.41. The summed E-state index contributed by atoms with van der Waals surface area (Å²) in [5.74, 6) is -0.814. The average Bonchev–Trinajstić information content (AvgIpc) is 2.56. The molecule has 1 atom stereocenters. The van der Waals surface area contributed by atoms with Crippen molar-refractivity contribution in [1.29, 1.82) is 0 Å². The molecule has 136 valence electrons. The van der Waals surface area contributed by atoms with Gasteiger partial charge in [-0.3, -0.25) is 9.10 Å². The van der Waals surface area contributed by atoms with Gasteiger partial charge in [0.25, 0.3) is 10.0 Å². The fraction of sp³-hybridized carbons (Fsp3) is 0.118. The standard InChI is InChI=1S/C17H11BrCl2FNO3S/c18-17-12(2-1-3-14(17)21)15-9-11(23)6-7-22(15)26(24,25)16-5-4-10(19)8-13(16)20/h1-8,15H,9H2. The molecule has 0 aromatic heterocycles. The molecule has 3 rings (SSSR count). The molecule has 1 aliphatic rings. The van der Waals surface area contributed by atoms with Crippen LogP contribution in [0.1, 0.15) is 18.0 Å². The lowest BCUT2D eigenvalue weighted by atomic mass is 9.99. The van der Waals surface area contributed by atoms with Crippen LogP contribution in [-0.2, 0) is 14.8 Å². The highest BCUT2D eigenvalue weighted by molar-refractivity contribution is 9.10. The smallest absolute Gasteiger partial charge is 0.265 e. The summed E-state index contributed by atoms with van der Waals surface area (Å²) in [7, 11) is -4.10. The van der Waals surface area contributed by atoms with Crippen molar-refractivity contribution in [1.82, 2.24) is 4.31 Å². The quantitative estimate of drug-likeness (QED) is 0.615. The summed E-state index contributed by atoms with van der Waals surface area (Å²) in [6, 6.07) is 7.38. The fourth-order valence-corrected chi connectivity index (χ4v) is 5.43. The first kappa shape index (κ1) is 19.4. The van der Waals surface area contributed by atoms with E-state index in [-0.39, 0.29) is 26.6 Å². The summed E-state index contributed by atoms with van der Waals surface area (Å²) >= 11 is 15.0. The Labute approximate surface area is 168 Å². The Kier molecular flexibility index (Phi) is 5.44. The minimum atomic E-state index is -4.10. The van der Waals surface area contributed by atoms with E-state index in [1.54, 1.807) is 6.07 Å².